The van der Waals surface area contributed by atoms with Gasteiger partial charge in [0.05, 0.1) is 4.47 Å². The summed E-state index contributed by atoms with van der Waals surface area (Å²) in [5.74, 6) is 0. The zero-order valence-electron chi connectivity index (χ0n) is 9.31. The van der Waals surface area contributed by atoms with Crippen molar-refractivity contribution in [2.24, 2.45) is 0 Å². The minimum atomic E-state index is -3.47. The number of nitrogens with zero attached hydrogens (tertiary/aromatic N) is 2. The molecule has 8 heteroatoms. The second-order valence-corrected chi connectivity index (χ2v) is 7.62. The van der Waals surface area contributed by atoms with Crippen molar-refractivity contribution in [2.75, 3.05) is 13.1 Å². The summed E-state index contributed by atoms with van der Waals surface area (Å²) >= 11 is 8.98. The largest absolute Gasteiger partial charge is 0.311 e. The number of hydrogen-bond acceptors (Lipinski definition) is 4. The average Bonchev–Trinajstić information content (AvgIpc) is 2.94. The van der Waals surface area contributed by atoms with Gasteiger partial charge in [0.25, 0.3) is 0 Å². The van der Waals surface area contributed by atoms with E-state index in [1.165, 1.54) is 12.3 Å². The van der Waals surface area contributed by atoms with Gasteiger partial charge in [-0.3, -0.25) is 0 Å². The lowest BCUT2D eigenvalue weighted by Gasteiger charge is -2.26. The molecule has 2 unspecified atom stereocenters. The highest BCUT2D eigenvalue weighted by Crippen LogP contribution is 2.31. The molecule has 2 bridgehead atoms. The molecule has 2 saturated heterocycles. The van der Waals surface area contributed by atoms with Gasteiger partial charge < -0.3 is 5.32 Å². The molecule has 98 valence electrons. The van der Waals surface area contributed by atoms with Crippen LogP contribution in [0.1, 0.15) is 6.42 Å². The molecule has 0 aliphatic carbocycles. The lowest BCUT2D eigenvalue weighted by molar-refractivity contribution is 0.348. The molecule has 2 aliphatic rings. The van der Waals surface area contributed by atoms with E-state index in [1.807, 2.05) is 0 Å². The van der Waals surface area contributed by atoms with E-state index in [0.29, 0.717) is 11.0 Å². The lowest BCUT2D eigenvalue weighted by Crippen LogP contribution is -2.46. The van der Waals surface area contributed by atoms with Crippen molar-refractivity contribution in [2.45, 2.75) is 23.4 Å². The van der Waals surface area contributed by atoms with Gasteiger partial charge in [0.15, 0.2) is 0 Å². The fraction of sp³-hybridized carbons (Fsp3) is 0.500. The SMILES string of the molecule is O=S(=O)(c1cnc(Cl)c(Br)c1)N1CC2CC1CN2. The topological polar surface area (TPSA) is 62.3 Å². The number of halogens is 2. The predicted octanol–water partition coefficient (Wildman–Crippen LogP) is 1.23. The molecule has 2 atom stereocenters. The van der Waals surface area contributed by atoms with E-state index in [2.05, 4.69) is 26.2 Å². The van der Waals surface area contributed by atoms with Crippen molar-refractivity contribution in [3.8, 4) is 0 Å². The number of rotatable bonds is 2. The Kier molecular flexibility index (Phi) is 3.14. The summed E-state index contributed by atoms with van der Waals surface area (Å²) in [5.41, 5.74) is 0. The average molecular weight is 353 g/mol. The van der Waals surface area contributed by atoms with Crippen LogP contribution in [0.4, 0.5) is 0 Å². The lowest BCUT2D eigenvalue weighted by atomic mass is 10.2. The van der Waals surface area contributed by atoms with Crippen molar-refractivity contribution in [1.29, 1.82) is 0 Å². The van der Waals surface area contributed by atoms with E-state index in [4.69, 9.17) is 11.6 Å². The Morgan fingerprint density at radius 1 is 1.56 bits per heavy atom. The molecule has 0 saturated carbocycles. The maximum absolute atomic E-state index is 12.5. The van der Waals surface area contributed by atoms with Crippen LogP contribution in [0.25, 0.3) is 0 Å². The second kappa shape index (κ2) is 4.42. The Labute approximate surface area is 119 Å². The highest BCUT2D eigenvalue weighted by Gasteiger charge is 2.44. The van der Waals surface area contributed by atoms with Crippen molar-refractivity contribution in [3.05, 3.63) is 21.9 Å². The maximum Gasteiger partial charge on any atom is 0.244 e. The number of aromatic nitrogens is 1. The highest BCUT2D eigenvalue weighted by molar-refractivity contribution is 9.10. The number of nitrogens with one attached hydrogen (secondary N) is 1. The Morgan fingerprint density at radius 3 is 2.89 bits per heavy atom. The van der Waals surface area contributed by atoms with Crippen LogP contribution in [0.3, 0.4) is 0 Å². The van der Waals surface area contributed by atoms with E-state index in [1.54, 1.807) is 4.31 Å². The van der Waals surface area contributed by atoms with Gasteiger partial charge in [0, 0.05) is 31.4 Å². The predicted molar refractivity (Wildman–Crippen MR) is 71.0 cm³/mol. The number of pyridine rings is 1. The molecule has 1 N–H and O–H groups in total. The van der Waals surface area contributed by atoms with Crippen LogP contribution in [-0.4, -0.2) is 42.9 Å². The van der Waals surface area contributed by atoms with Crippen molar-refractivity contribution < 1.29 is 8.42 Å². The summed E-state index contributed by atoms with van der Waals surface area (Å²) in [5, 5.41) is 3.54. The second-order valence-electron chi connectivity index (χ2n) is 4.51. The fourth-order valence-corrected chi connectivity index (χ4v) is 4.75. The fourth-order valence-electron chi connectivity index (χ4n) is 2.50. The van der Waals surface area contributed by atoms with Crippen molar-refractivity contribution >= 4 is 37.6 Å². The van der Waals surface area contributed by atoms with Gasteiger partial charge in [-0.15, -0.1) is 0 Å². The maximum atomic E-state index is 12.5. The summed E-state index contributed by atoms with van der Waals surface area (Å²) in [6.07, 6.45) is 2.20. The molecule has 2 fully saturated rings. The van der Waals surface area contributed by atoms with Gasteiger partial charge in [-0.1, -0.05) is 11.6 Å². The Bertz CT molecular complexity index is 595. The molecule has 0 aromatic carbocycles. The monoisotopic (exact) mass is 351 g/mol. The minimum Gasteiger partial charge on any atom is -0.311 e. The first kappa shape index (κ1) is 12.8. The molecule has 1 aromatic heterocycles. The zero-order valence-corrected chi connectivity index (χ0v) is 12.5. The molecule has 3 heterocycles. The molecule has 3 rings (SSSR count). The third-order valence-corrected chi connectivity index (χ3v) is 6.40. The first-order valence-corrected chi connectivity index (χ1v) is 8.16. The van der Waals surface area contributed by atoms with E-state index in [-0.39, 0.29) is 22.1 Å². The van der Waals surface area contributed by atoms with E-state index >= 15 is 0 Å². The summed E-state index contributed by atoms with van der Waals surface area (Å²) in [6.45, 7) is 1.26. The van der Waals surface area contributed by atoms with Gasteiger partial charge in [-0.05, 0) is 28.4 Å². The van der Waals surface area contributed by atoms with Crippen LogP contribution in [0.5, 0.6) is 0 Å². The van der Waals surface area contributed by atoms with Crippen LogP contribution in [0, 0.1) is 0 Å². The summed E-state index contributed by atoms with van der Waals surface area (Å²) in [7, 11) is -3.47. The number of piperazine rings is 1. The highest BCUT2D eigenvalue weighted by atomic mass is 79.9. The molecule has 0 amide bonds. The quantitative estimate of drug-likeness (QED) is 0.813. The van der Waals surface area contributed by atoms with Crippen LogP contribution >= 0.6 is 27.5 Å². The number of sulfonamides is 1. The standard InChI is InChI=1S/C10H11BrClN3O2S/c11-9-2-8(4-14-10(9)12)18(16,17)15-5-6-1-7(15)3-13-6/h2,4,6-7,13H,1,3,5H2. The molecule has 18 heavy (non-hydrogen) atoms. The Hall–Kier alpha value is -0.210. The summed E-state index contributed by atoms with van der Waals surface area (Å²) in [4.78, 5) is 4.06. The molecule has 5 nitrogen and oxygen atoms in total. The van der Waals surface area contributed by atoms with Gasteiger partial charge in [-0.2, -0.15) is 4.31 Å². The minimum absolute atomic E-state index is 0.0643. The van der Waals surface area contributed by atoms with Gasteiger partial charge in [-0.25, -0.2) is 13.4 Å². The van der Waals surface area contributed by atoms with E-state index in [0.717, 1.165) is 13.0 Å². The summed E-state index contributed by atoms with van der Waals surface area (Å²) in [6, 6.07) is 1.85. The van der Waals surface area contributed by atoms with E-state index < -0.39 is 10.0 Å². The molecule has 0 radical (unpaired) electrons. The van der Waals surface area contributed by atoms with E-state index in [9.17, 15) is 8.42 Å². The van der Waals surface area contributed by atoms with Crippen LogP contribution in [0.2, 0.25) is 5.15 Å². The molecular formula is C10H11BrClN3O2S. The Morgan fingerprint density at radius 2 is 2.33 bits per heavy atom. The molecular weight excluding hydrogens is 342 g/mol. The normalized spacial score (nSPS) is 27.9. The Balaban J connectivity index is 1.97. The molecule has 0 spiro atoms. The van der Waals surface area contributed by atoms with Gasteiger partial charge in [0.2, 0.25) is 10.0 Å². The third kappa shape index (κ3) is 1.98. The molecule has 1 aromatic rings. The third-order valence-electron chi connectivity index (χ3n) is 3.38. The van der Waals surface area contributed by atoms with Gasteiger partial charge in [0.1, 0.15) is 10.0 Å². The first-order valence-electron chi connectivity index (χ1n) is 5.55. The molecule has 2 aliphatic heterocycles. The van der Waals surface area contributed by atoms with Crippen molar-refractivity contribution in [1.82, 2.24) is 14.6 Å². The number of hydrogen-bond donors (Lipinski definition) is 1. The van der Waals surface area contributed by atoms with Crippen LogP contribution in [-0.2, 0) is 10.0 Å². The zero-order chi connectivity index (χ0) is 12.9. The van der Waals surface area contributed by atoms with Crippen LogP contribution < -0.4 is 5.32 Å². The van der Waals surface area contributed by atoms with Gasteiger partial charge >= 0.3 is 0 Å². The van der Waals surface area contributed by atoms with Crippen molar-refractivity contribution in [3.63, 3.8) is 0 Å². The first-order chi connectivity index (χ1) is 8.48. The van der Waals surface area contributed by atoms with Crippen LogP contribution in [0.15, 0.2) is 21.6 Å². The number of fused-ring (bicyclic) bond motifs is 2. The smallest absolute Gasteiger partial charge is 0.244 e. The summed E-state index contributed by atoms with van der Waals surface area (Å²) < 4.78 is 27.0.